The highest BCUT2D eigenvalue weighted by Gasteiger charge is 2.38. The number of nitrogens with zero attached hydrogens (tertiary/aromatic N) is 1. The van der Waals surface area contributed by atoms with Crippen LogP contribution >= 0.6 is 0 Å². The molecule has 1 aliphatic heterocycles. The van der Waals surface area contributed by atoms with Crippen LogP contribution in [0, 0.1) is 0 Å². The minimum Gasteiger partial charge on any atom is -0.508 e. The first-order valence-corrected chi connectivity index (χ1v) is 5.65. The normalized spacial score (nSPS) is 20.5. The van der Waals surface area contributed by atoms with E-state index >= 15 is 0 Å². The Bertz CT molecular complexity index is 419. The molecule has 1 fully saturated rings. The zero-order chi connectivity index (χ0) is 12.6. The van der Waals surface area contributed by atoms with Crippen LogP contribution in [0.2, 0.25) is 0 Å². The molecule has 1 aliphatic rings. The van der Waals surface area contributed by atoms with Crippen LogP contribution in [0.1, 0.15) is 32.4 Å². The van der Waals surface area contributed by atoms with Crippen LogP contribution in [0.3, 0.4) is 0 Å². The molecule has 1 heterocycles. The fourth-order valence-electron chi connectivity index (χ4n) is 1.87. The maximum atomic E-state index is 11.7. The van der Waals surface area contributed by atoms with Crippen LogP contribution < -0.4 is 0 Å². The number of hydrogen-bond acceptors (Lipinski definition) is 3. The van der Waals surface area contributed by atoms with Crippen molar-refractivity contribution in [1.29, 1.82) is 0 Å². The number of aromatic hydroxyl groups is 1. The zero-order valence-corrected chi connectivity index (χ0v) is 10.3. The molecular weight excluding hydrogens is 218 g/mol. The van der Waals surface area contributed by atoms with E-state index in [9.17, 15) is 9.90 Å². The summed E-state index contributed by atoms with van der Waals surface area (Å²) in [5.74, 6) is 0.214. The van der Waals surface area contributed by atoms with Crippen molar-refractivity contribution in [1.82, 2.24) is 4.90 Å². The third-order valence-corrected chi connectivity index (χ3v) is 2.89. The molecule has 0 radical (unpaired) electrons. The summed E-state index contributed by atoms with van der Waals surface area (Å²) in [5.41, 5.74) is 0.672. The van der Waals surface area contributed by atoms with Gasteiger partial charge in [0, 0.05) is 5.54 Å². The number of hydrogen-bond donors (Lipinski definition) is 1. The van der Waals surface area contributed by atoms with E-state index in [4.69, 9.17) is 4.74 Å². The number of benzene rings is 1. The first-order chi connectivity index (χ1) is 7.88. The van der Waals surface area contributed by atoms with Gasteiger partial charge in [-0.2, -0.15) is 0 Å². The second-order valence-corrected chi connectivity index (χ2v) is 5.25. The van der Waals surface area contributed by atoms with Crippen LogP contribution in [0.25, 0.3) is 0 Å². The second kappa shape index (κ2) is 3.95. The summed E-state index contributed by atoms with van der Waals surface area (Å²) in [4.78, 5) is 13.4. The third kappa shape index (κ3) is 2.35. The first-order valence-electron chi connectivity index (χ1n) is 5.65. The number of phenols is 1. The lowest BCUT2D eigenvalue weighted by atomic mass is 10.0. The standard InChI is InChI=1S/C13H17NO3/c1-13(2,3)14-8-11(17-12(14)16)9-4-6-10(15)7-5-9/h4-7,11,15H,8H2,1-3H3. The monoisotopic (exact) mass is 235 g/mol. The molecule has 4 nitrogen and oxygen atoms in total. The SMILES string of the molecule is CC(C)(C)N1CC(c2ccc(O)cc2)OC1=O. The summed E-state index contributed by atoms with van der Waals surface area (Å²) in [6.45, 7) is 6.49. The summed E-state index contributed by atoms with van der Waals surface area (Å²) in [7, 11) is 0. The highest BCUT2D eigenvalue weighted by atomic mass is 16.6. The van der Waals surface area contributed by atoms with E-state index < -0.39 is 0 Å². The lowest BCUT2D eigenvalue weighted by Crippen LogP contribution is -2.41. The van der Waals surface area contributed by atoms with Crippen molar-refractivity contribution in [2.75, 3.05) is 6.54 Å². The molecule has 17 heavy (non-hydrogen) atoms. The molecule has 1 saturated heterocycles. The summed E-state index contributed by atoms with van der Waals surface area (Å²) in [6.07, 6.45) is -0.530. The van der Waals surface area contributed by atoms with Crippen LogP contribution in [0.5, 0.6) is 5.75 Å². The van der Waals surface area contributed by atoms with Crippen LogP contribution in [-0.2, 0) is 4.74 Å². The van der Waals surface area contributed by atoms with Crippen molar-refractivity contribution in [3.05, 3.63) is 29.8 Å². The molecule has 1 N–H and O–H groups in total. The van der Waals surface area contributed by atoms with Gasteiger partial charge in [-0.3, -0.25) is 4.90 Å². The number of rotatable bonds is 1. The predicted octanol–water partition coefficient (Wildman–Crippen LogP) is 2.68. The highest BCUT2D eigenvalue weighted by molar-refractivity contribution is 5.71. The Labute approximate surface area is 101 Å². The van der Waals surface area contributed by atoms with Crippen molar-refractivity contribution in [2.45, 2.75) is 32.4 Å². The van der Waals surface area contributed by atoms with Gasteiger partial charge in [-0.25, -0.2) is 4.79 Å². The summed E-state index contributed by atoms with van der Waals surface area (Å²) in [6, 6.07) is 6.75. The predicted molar refractivity (Wildman–Crippen MR) is 63.8 cm³/mol. The van der Waals surface area contributed by atoms with E-state index in [-0.39, 0.29) is 23.5 Å². The van der Waals surface area contributed by atoms with Gasteiger partial charge in [0.25, 0.3) is 0 Å². The van der Waals surface area contributed by atoms with Gasteiger partial charge in [0.2, 0.25) is 0 Å². The quantitative estimate of drug-likeness (QED) is 0.814. The molecule has 4 heteroatoms. The van der Waals surface area contributed by atoms with E-state index in [1.165, 1.54) is 0 Å². The smallest absolute Gasteiger partial charge is 0.411 e. The molecule has 0 aliphatic carbocycles. The Hall–Kier alpha value is -1.71. The third-order valence-electron chi connectivity index (χ3n) is 2.89. The minimum absolute atomic E-state index is 0.214. The van der Waals surface area contributed by atoms with Gasteiger partial charge in [-0.05, 0) is 38.5 Å². The molecular formula is C13H17NO3. The summed E-state index contributed by atoms with van der Waals surface area (Å²) < 4.78 is 5.33. The topological polar surface area (TPSA) is 49.8 Å². The lowest BCUT2D eigenvalue weighted by molar-refractivity contribution is 0.120. The van der Waals surface area contributed by atoms with Gasteiger partial charge in [0.05, 0.1) is 6.54 Å². The molecule has 0 bridgehead atoms. The number of carbonyl (C=O) groups excluding carboxylic acids is 1. The lowest BCUT2D eigenvalue weighted by Gasteiger charge is -2.29. The van der Waals surface area contributed by atoms with Crippen molar-refractivity contribution < 1.29 is 14.6 Å². The van der Waals surface area contributed by atoms with Gasteiger partial charge in [-0.1, -0.05) is 12.1 Å². The first kappa shape index (κ1) is 11.8. The number of phenolic OH excluding ortho intramolecular Hbond substituents is 1. The second-order valence-electron chi connectivity index (χ2n) is 5.25. The van der Waals surface area contributed by atoms with Crippen LogP contribution in [0.15, 0.2) is 24.3 Å². The van der Waals surface area contributed by atoms with Crippen LogP contribution in [0.4, 0.5) is 4.79 Å². The van der Waals surface area contributed by atoms with Gasteiger partial charge in [0.15, 0.2) is 0 Å². The maximum Gasteiger partial charge on any atom is 0.411 e. The van der Waals surface area contributed by atoms with Gasteiger partial charge in [0.1, 0.15) is 11.9 Å². The maximum absolute atomic E-state index is 11.7. The molecule has 1 atom stereocenters. The molecule has 1 amide bonds. The Morgan fingerprint density at radius 2 is 1.88 bits per heavy atom. The minimum atomic E-state index is -0.282. The van der Waals surface area contributed by atoms with E-state index in [1.807, 2.05) is 20.8 Å². The molecule has 2 rings (SSSR count). The Morgan fingerprint density at radius 3 is 2.35 bits per heavy atom. The van der Waals surface area contributed by atoms with E-state index in [0.717, 1.165) is 5.56 Å². The number of amides is 1. The highest BCUT2D eigenvalue weighted by Crippen LogP contribution is 2.31. The molecule has 1 aromatic carbocycles. The van der Waals surface area contributed by atoms with Crippen molar-refractivity contribution in [2.24, 2.45) is 0 Å². The van der Waals surface area contributed by atoms with E-state index in [0.29, 0.717) is 6.54 Å². The summed E-state index contributed by atoms with van der Waals surface area (Å²) >= 11 is 0. The molecule has 1 aromatic rings. The Balaban J connectivity index is 2.17. The molecule has 1 unspecified atom stereocenters. The van der Waals surface area contributed by atoms with Crippen molar-refractivity contribution in [3.8, 4) is 5.75 Å². The Kier molecular flexibility index (Phi) is 2.73. The number of cyclic esters (lactones) is 1. The van der Waals surface area contributed by atoms with Gasteiger partial charge < -0.3 is 9.84 Å². The van der Waals surface area contributed by atoms with E-state index in [2.05, 4.69) is 0 Å². The van der Waals surface area contributed by atoms with Crippen LogP contribution in [-0.4, -0.2) is 28.2 Å². The van der Waals surface area contributed by atoms with E-state index in [1.54, 1.807) is 29.2 Å². The number of carbonyl (C=O) groups is 1. The van der Waals surface area contributed by atoms with Gasteiger partial charge in [-0.15, -0.1) is 0 Å². The molecule has 0 saturated carbocycles. The Morgan fingerprint density at radius 1 is 1.29 bits per heavy atom. The number of ether oxygens (including phenoxy) is 1. The molecule has 0 aromatic heterocycles. The largest absolute Gasteiger partial charge is 0.508 e. The van der Waals surface area contributed by atoms with Crippen molar-refractivity contribution in [3.63, 3.8) is 0 Å². The fraction of sp³-hybridized carbons (Fsp3) is 0.462. The van der Waals surface area contributed by atoms with Gasteiger partial charge >= 0.3 is 6.09 Å². The van der Waals surface area contributed by atoms with Crippen molar-refractivity contribution >= 4 is 6.09 Å². The fourth-order valence-corrected chi connectivity index (χ4v) is 1.87. The average Bonchev–Trinajstić information content (AvgIpc) is 2.61. The summed E-state index contributed by atoms with van der Waals surface area (Å²) in [5, 5.41) is 9.21. The average molecular weight is 235 g/mol. The molecule has 0 spiro atoms. The molecule has 92 valence electrons. The zero-order valence-electron chi connectivity index (χ0n) is 10.3.